The van der Waals surface area contributed by atoms with E-state index < -0.39 is 5.38 Å². The highest BCUT2D eigenvalue weighted by atomic mass is 35.5. The predicted molar refractivity (Wildman–Crippen MR) is 80.5 cm³/mol. The first-order valence-electron chi connectivity index (χ1n) is 6.72. The van der Waals surface area contributed by atoms with Crippen LogP contribution < -0.4 is 0 Å². The third-order valence-electron chi connectivity index (χ3n) is 3.58. The zero-order chi connectivity index (χ0) is 14.9. The van der Waals surface area contributed by atoms with Crippen molar-refractivity contribution in [3.8, 4) is 0 Å². The van der Waals surface area contributed by atoms with Gasteiger partial charge in [0, 0.05) is 36.7 Å². The Hall–Kier alpha value is -1.55. The Labute approximate surface area is 124 Å². The molecule has 0 amide bonds. The Morgan fingerprint density at radius 1 is 1.45 bits per heavy atom. The molecule has 2 aromatic heterocycles. The second kappa shape index (κ2) is 5.83. The minimum absolute atomic E-state index is 0.00704. The molecule has 0 N–H and O–H groups in total. The molecular weight excluding hydrogens is 274 g/mol. The smallest absolute Gasteiger partial charge is 0.182 e. The van der Waals surface area contributed by atoms with Crippen molar-refractivity contribution in [1.82, 2.24) is 14.3 Å². The van der Waals surface area contributed by atoms with Gasteiger partial charge >= 0.3 is 0 Å². The van der Waals surface area contributed by atoms with Gasteiger partial charge in [-0.1, -0.05) is 0 Å². The normalized spacial score (nSPS) is 12.7. The number of rotatable bonds is 5. The van der Waals surface area contributed by atoms with Gasteiger partial charge in [0.2, 0.25) is 0 Å². The molecule has 2 heterocycles. The van der Waals surface area contributed by atoms with E-state index in [1.165, 1.54) is 5.56 Å². The van der Waals surface area contributed by atoms with Crippen LogP contribution in [0.1, 0.15) is 34.2 Å². The van der Waals surface area contributed by atoms with Crippen LogP contribution in [0.15, 0.2) is 18.5 Å². The fourth-order valence-electron chi connectivity index (χ4n) is 2.45. The number of hydrogen-bond acceptors (Lipinski definition) is 2. The molecule has 2 aromatic rings. The number of ketones is 1. The van der Waals surface area contributed by atoms with E-state index in [4.69, 9.17) is 11.6 Å². The van der Waals surface area contributed by atoms with Crippen LogP contribution in [0.4, 0.5) is 0 Å². The van der Waals surface area contributed by atoms with Crippen LogP contribution in [0.2, 0.25) is 0 Å². The van der Waals surface area contributed by atoms with Gasteiger partial charge in [0.25, 0.3) is 0 Å². The molecule has 2 rings (SSSR count). The molecule has 4 nitrogen and oxygen atoms in total. The Kier molecular flexibility index (Phi) is 4.33. The van der Waals surface area contributed by atoms with Crippen molar-refractivity contribution in [2.24, 2.45) is 7.05 Å². The molecule has 108 valence electrons. The number of Topliss-reactive ketones (excluding diaryl/α,β-unsaturated/α-hetero) is 1. The van der Waals surface area contributed by atoms with Crippen molar-refractivity contribution in [1.29, 1.82) is 0 Å². The molecule has 5 heteroatoms. The minimum Gasteiger partial charge on any atom is -0.348 e. The summed E-state index contributed by atoms with van der Waals surface area (Å²) in [6.07, 6.45) is 4.79. The first-order valence-corrected chi connectivity index (χ1v) is 7.16. The van der Waals surface area contributed by atoms with Crippen molar-refractivity contribution in [2.45, 2.75) is 39.1 Å². The number of hydrogen-bond donors (Lipinski definition) is 0. The van der Waals surface area contributed by atoms with E-state index in [1.54, 1.807) is 11.6 Å². The molecule has 20 heavy (non-hydrogen) atoms. The highest BCUT2D eigenvalue weighted by Gasteiger charge is 2.19. The van der Waals surface area contributed by atoms with Gasteiger partial charge in [-0.3, -0.25) is 9.48 Å². The molecule has 0 spiro atoms. The molecule has 0 aliphatic carbocycles. The fraction of sp³-hybridized carbons (Fsp3) is 0.467. The summed E-state index contributed by atoms with van der Waals surface area (Å²) in [6.45, 7) is 6.55. The van der Waals surface area contributed by atoms with Crippen LogP contribution in [-0.2, 0) is 20.0 Å². The highest BCUT2D eigenvalue weighted by Crippen LogP contribution is 2.19. The van der Waals surface area contributed by atoms with E-state index in [9.17, 15) is 4.79 Å². The number of halogens is 1. The molecule has 0 saturated carbocycles. The van der Waals surface area contributed by atoms with E-state index in [1.807, 2.05) is 39.4 Å². The third-order valence-corrected chi connectivity index (χ3v) is 3.78. The maximum atomic E-state index is 12.0. The number of carbonyl (C=O) groups is 1. The van der Waals surface area contributed by atoms with Crippen LogP contribution in [-0.4, -0.2) is 25.5 Å². The van der Waals surface area contributed by atoms with Crippen molar-refractivity contribution in [2.75, 3.05) is 0 Å². The van der Waals surface area contributed by atoms with Crippen molar-refractivity contribution in [3.63, 3.8) is 0 Å². The van der Waals surface area contributed by atoms with Gasteiger partial charge in [-0.25, -0.2) is 0 Å². The molecule has 0 aliphatic heterocycles. The quantitative estimate of drug-likeness (QED) is 0.628. The average molecular weight is 294 g/mol. The van der Waals surface area contributed by atoms with E-state index in [0.29, 0.717) is 0 Å². The van der Waals surface area contributed by atoms with Crippen LogP contribution in [0.3, 0.4) is 0 Å². The molecule has 1 atom stereocenters. The molecule has 0 fully saturated rings. The fourth-order valence-corrected chi connectivity index (χ4v) is 2.57. The summed E-state index contributed by atoms with van der Waals surface area (Å²) in [4.78, 5) is 12.0. The summed E-state index contributed by atoms with van der Waals surface area (Å²) in [5.41, 5.74) is 4.01. The van der Waals surface area contributed by atoms with Crippen LogP contribution in [0.5, 0.6) is 0 Å². The number of carbonyl (C=O) groups excluding carboxylic acids is 1. The van der Waals surface area contributed by atoms with E-state index in [-0.39, 0.29) is 5.78 Å². The van der Waals surface area contributed by atoms with E-state index in [0.717, 1.165) is 29.9 Å². The topological polar surface area (TPSA) is 39.8 Å². The lowest BCUT2D eigenvalue weighted by atomic mass is 10.1. The number of nitrogens with zero attached hydrogens (tertiary/aromatic N) is 3. The summed E-state index contributed by atoms with van der Waals surface area (Å²) < 4.78 is 3.97. The van der Waals surface area contributed by atoms with Gasteiger partial charge in [-0.05, 0) is 38.8 Å². The Balaban J connectivity index is 2.18. The van der Waals surface area contributed by atoms with Gasteiger partial charge in [-0.2, -0.15) is 5.10 Å². The van der Waals surface area contributed by atoms with Crippen LogP contribution >= 0.6 is 11.6 Å². The van der Waals surface area contributed by atoms with Gasteiger partial charge < -0.3 is 4.57 Å². The Morgan fingerprint density at radius 2 is 2.15 bits per heavy atom. The molecule has 0 bridgehead atoms. The second-order valence-corrected chi connectivity index (χ2v) is 5.84. The Bertz CT molecular complexity index is 625. The first kappa shape index (κ1) is 14.9. The van der Waals surface area contributed by atoms with Crippen molar-refractivity contribution >= 4 is 17.4 Å². The summed E-state index contributed by atoms with van der Waals surface area (Å²) in [7, 11) is 1.91. The summed E-state index contributed by atoms with van der Waals surface area (Å²) in [6, 6.07) is 1.93. The zero-order valence-corrected chi connectivity index (χ0v) is 13.1. The Morgan fingerprint density at radius 3 is 2.70 bits per heavy atom. The van der Waals surface area contributed by atoms with E-state index in [2.05, 4.69) is 9.67 Å². The molecule has 0 saturated heterocycles. The summed E-state index contributed by atoms with van der Waals surface area (Å²) in [5, 5.41) is 3.68. The van der Waals surface area contributed by atoms with Crippen LogP contribution in [0.25, 0.3) is 0 Å². The predicted octanol–water partition coefficient (Wildman–Crippen LogP) is 2.89. The SMILES string of the molecule is Cc1cc(C(=O)C(C)Cl)c(C)n1CCc1cnn(C)c1. The molecule has 0 aliphatic rings. The van der Waals surface area contributed by atoms with Gasteiger partial charge in [0.15, 0.2) is 5.78 Å². The summed E-state index contributed by atoms with van der Waals surface area (Å²) >= 11 is 5.90. The summed E-state index contributed by atoms with van der Waals surface area (Å²) in [5.74, 6) is -0.00704. The van der Waals surface area contributed by atoms with Crippen molar-refractivity contribution in [3.05, 3.63) is 41.0 Å². The van der Waals surface area contributed by atoms with E-state index >= 15 is 0 Å². The van der Waals surface area contributed by atoms with Gasteiger partial charge in [0.05, 0.1) is 11.6 Å². The largest absolute Gasteiger partial charge is 0.348 e. The lowest BCUT2D eigenvalue weighted by molar-refractivity contribution is 0.0991. The number of alkyl halides is 1. The second-order valence-electron chi connectivity index (χ2n) is 5.19. The molecular formula is C15H20ClN3O. The highest BCUT2D eigenvalue weighted by molar-refractivity contribution is 6.33. The third kappa shape index (κ3) is 2.96. The maximum absolute atomic E-state index is 12.0. The lowest BCUT2D eigenvalue weighted by Gasteiger charge is -2.09. The first-order chi connectivity index (χ1) is 9.40. The van der Waals surface area contributed by atoms with Crippen LogP contribution in [0, 0.1) is 13.8 Å². The zero-order valence-electron chi connectivity index (χ0n) is 12.4. The number of aromatic nitrogens is 3. The van der Waals surface area contributed by atoms with Crippen molar-refractivity contribution < 1.29 is 4.79 Å². The lowest BCUT2D eigenvalue weighted by Crippen LogP contribution is -2.12. The van der Waals surface area contributed by atoms with Gasteiger partial charge in [-0.15, -0.1) is 11.6 Å². The van der Waals surface area contributed by atoms with Gasteiger partial charge in [0.1, 0.15) is 0 Å². The molecule has 0 aromatic carbocycles. The molecule has 0 radical (unpaired) electrons. The molecule has 1 unspecified atom stereocenters. The maximum Gasteiger partial charge on any atom is 0.182 e. The monoisotopic (exact) mass is 293 g/mol. The minimum atomic E-state index is -0.484. The standard InChI is InChI=1S/C15H20ClN3O/c1-10-7-14(15(20)11(2)16)12(3)19(10)6-5-13-8-17-18(4)9-13/h7-9,11H,5-6H2,1-4H3. The number of aryl methyl sites for hydroxylation is 3. The average Bonchev–Trinajstić information content (AvgIpc) is 2.91.